The highest BCUT2D eigenvalue weighted by Crippen LogP contribution is 2.27. The number of nitrogens with one attached hydrogen (secondary N) is 2. The van der Waals surface area contributed by atoms with Gasteiger partial charge in [0.2, 0.25) is 5.91 Å². The zero-order chi connectivity index (χ0) is 15.9. The third-order valence-electron chi connectivity index (χ3n) is 2.67. The number of thiazole rings is 1. The highest BCUT2D eigenvalue weighted by atomic mass is 32.1. The molecule has 0 aliphatic rings. The number of carbonyl (C=O) groups is 2. The van der Waals surface area contributed by atoms with Gasteiger partial charge in [-0.2, -0.15) is 0 Å². The van der Waals surface area contributed by atoms with Crippen LogP contribution in [0, 0.1) is 0 Å². The Balaban J connectivity index is 1.89. The van der Waals surface area contributed by atoms with E-state index in [0.717, 1.165) is 11.3 Å². The Kier molecular flexibility index (Phi) is 5.31. The number of hydrogen-bond acceptors (Lipinski definition) is 6. The molecule has 2 amide bonds. The summed E-state index contributed by atoms with van der Waals surface area (Å²) in [7, 11) is 1.67. The monoisotopic (exact) mass is 320 g/mol. The van der Waals surface area contributed by atoms with Crippen LogP contribution < -0.4 is 21.1 Å². The highest BCUT2D eigenvalue weighted by Gasteiger charge is 2.17. The summed E-state index contributed by atoms with van der Waals surface area (Å²) >= 11 is 1.15. The van der Waals surface area contributed by atoms with Gasteiger partial charge in [0.1, 0.15) is 10.8 Å². The zero-order valence-electron chi connectivity index (χ0n) is 12.0. The number of para-hydroxylation sites is 1. The van der Waals surface area contributed by atoms with Gasteiger partial charge >= 0.3 is 0 Å². The largest absolute Gasteiger partial charge is 0.493 e. The number of primary amides is 1. The first-order valence-electron chi connectivity index (χ1n) is 6.56. The third-order valence-corrected chi connectivity index (χ3v) is 3.66. The van der Waals surface area contributed by atoms with Crippen molar-refractivity contribution >= 4 is 33.3 Å². The van der Waals surface area contributed by atoms with Crippen LogP contribution in [0.1, 0.15) is 16.9 Å². The number of rotatable bonds is 7. The summed E-state index contributed by atoms with van der Waals surface area (Å²) in [4.78, 5) is 27.2. The van der Waals surface area contributed by atoms with E-state index in [2.05, 4.69) is 15.6 Å². The Morgan fingerprint density at radius 3 is 2.68 bits per heavy atom. The van der Waals surface area contributed by atoms with Gasteiger partial charge in [-0.1, -0.05) is 29.5 Å². The Morgan fingerprint density at radius 2 is 2.05 bits per heavy atom. The molecule has 4 N–H and O–H groups in total. The van der Waals surface area contributed by atoms with Crippen molar-refractivity contribution < 1.29 is 14.3 Å². The summed E-state index contributed by atoms with van der Waals surface area (Å²) in [5.41, 5.74) is 5.28. The number of carbonyl (C=O) groups excluding carboxylic acids is 2. The molecule has 0 saturated carbocycles. The second-order valence-corrected chi connectivity index (χ2v) is 5.27. The van der Waals surface area contributed by atoms with Crippen molar-refractivity contribution in [1.29, 1.82) is 0 Å². The van der Waals surface area contributed by atoms with Gasteiger partial charge in [0.25, 0.3) is 5.91 Å². The van der Waals surface area contributed by atoms with Crippen LogP contribution in [0.2, 0.25) is 0 Å². The average Bonchev–Trinajstić information content (AvgIpc) is 2.91. The molecule has 8 heteroatoms. The minimum absolute atomic E-state index is 0.0478. The van der Waals surface area contributed by atoms with Crippen LogP contribution in [0.3, 0.4) is 0 Å². The number of anilines is 2. The topological polar surface area (TPSA) is 106 Å². The maximum atomic E-state index is 11.9. The minimum atomic E-state index is -0.686. The van der Waals surface area contributed by atoms with Crippen molar-refractivity contribution in [3.8, 4) is 5.75 Å². The molecule has 7 nitrogen and oxygen atoms in total. The fraction of sp³-hybridized carbons (Fsp3) is 0.214. The number of amides is 2. The summed E-state index contributed by atoms with van der Waals surface area (Å²) in [6.45, 7) is 0.236. The predicted octanol–water partition coefficient (Wildman–Crippen LogP) is 1.69. The van der Waals surface area contributed by atoms with Crippen LogP contribution in [0.5, 0.6) is 5.75 Å². The second kappa shape index (κ2) is 7.41. The second-order valence-electron chi connectivity index (χ2n) is 4.27. The molecule has 0 bridgehead atoms. The molecule has 1 aromatic heterocycles. The Bertz CT molecular complexity index is 657. The van der Waals surface area contributed by atoms with Crippen molar-refractivity contribution in [2.75, 3.05) is 24.3 Å². The van der Waals surface area contributed by atoms with E-state index >= 15 is 0 Å². The van der Waals surface area contributed by atoms with Crippen molar-refractivity contribution in [2.24, 2.45) is 5.73 Å². The maximum absolute atomic E-state index is 11.9. The first-order valence-corrected chi connectivity index (χ1v) is 7.38. The van der Waals surface area contributed by atoms with Crippen LogP contribution >= 0.6 is 11.3 Å². The van der Waals surface area contributed by atoms with E-state index in [-0.39, 0.29) is 24.6 Å². The quantitative estimate of drug-likeness (QED) is 0.720. The fourth-order valence-electron chi connectivity index (χ4n) is 1.65. The van der Waals surface area contributed by atoms with E-state index in [0.29, 0.717) is 15.9 Å². The lowest BCUT2D eigenvalue weighted by atomic mass is 10.3. The number of ether oxygens (including phenoxy) is 1. The normalized spacial score (nSPS) is 10.0. The summed E-state index contributed by atoms with van der Waals surface area (Å²) in [5, 5.41) is 6.27. The van der Waals surface area contributed by atoms with Gasteiger partial charge in [0, 0.05) is 7.05 Å². The number of hydrogen-bond donors (Lipinski definition) is 3. The third kappa shape index (κ3) is 4.19. The van der Waals surface area contributed by atoms with Gasteiger partial charge < -0.3 is 21.1 Å². The molecule has 22 heavy (non-hydrogen) atoms. The van der Waals surface area contributed by atoms with E-state index in [9.17, 15) is 9.59 Å². The maximum Gasteiger partial charge on any atom is 0.270 e. The minimum Gasteiger partial charge on any atom is -0.493 e. The van der Waals surface area contributed by atoms with E-state index in [1.165, 1.54) is 0 Å². The zero-order valence-corrected chi connectivity index (χ0v) is 12.8. The predicted molar refractivity (Wildman–Crippen MR) is 85.4 cm³/mol. The number of nitrogens with zero attached hydrogens (tertiary/aromatic N) is 1. The summed E-state index contributed by atoms with van der Waals surface area (Å²) in [6, 6.07) is 9.21. The Labute approximate surface area is 131 Å². The fourth-order valence-corrected chi connectivity index (χ4v) is 2.49. The Hall–Kier alpha value is -2.61. The molecule has 0 unspecified atom stereocenters. The molecule has 0 atom stereocenters. The number of aromatic nitrogens is 1. The van der Waals surface area contributed by atoms with Gasteiger partial charge in [0.05, 0.1) is 13.0 Å². The van der Waals surface area contributed by atoms with Crippen molar-refractivity contribution in [2.45, 2.75) is 6.42 Å². The van der Waals surface area contributed by atoms with Crippen LogP contribution in [-0.2, 0) is 4.79 Å². The molecule has 1 aromatic carbocycles. The van der Waals surface area contributed by atoms with Crippen molar-refractivity contribution in [3.05, 3.63) is 36.0 Å². The molecule has 0 saturated heterocycles. The average molecular weight is 320 g/mol. The lowest BCUT2D eigenvalue weighted by molar-refractivity contribution is -0.116. The van der Waals surface area contributed by atoms with E-state index in [1.807, 2.05) is 30.3 Å². The molecule has 0 radical (unpaired) electrons. The van der Waals surface area contributed by atoms with E-state index in [4.69, 9.17) is 10.5 Å². The SMILES string of the molecule is CNc1nc(C(N)=O)c(NC(=O)CCOc2ccccc2)s1. The van der Waals surface area contributed by atoms with E-state index in [1.54, 1.807) is 7.05 Å². The van der Waals surface area contributed by atoms with E-state index < -0.39 is 5.91 Å². The molecule has 1 heterocycles. The first-order chi connectivity index (χ1) is 10.6. The van der Waals surface area contributed by atoms with Gasteiger partial charge in [-0.3, -0.25) is 9.59 Å². The summed E-state index contributed by atoms with van der Waals surface area (Å²) < 4.78 is 5.44. The van der Waals surface area contributed by atoms with Crippen LogP contribution in [-0.4, -0.2) is 30.5 Å². The Morgan fingerprint density at radius 1 is 1.32 bits per heavy atom. The molecule has 0 spiro atoms. The van der Waals surface area contributed by atoms with Gasteiger partial charge in [0.15, 0.2) is 10.8 Å². The van der Waals surface area contributed by atoms with Crippen LogP contribution in [0.15, 0.2) is 30.3 Å². The lowest BCUT2D eigenvalue weighted by Gasteiger charge is -2.06. The molecule has 2 rings (SSSR count). The van der Waals surface area contributed by atoms with Gasteiger partial charge in [-0.25, -0.2) is 4.98 Å². The molecule has 0 aliphatic heterocycles. The van der Waals surface area contributed by atoms with Gasteiger partial charge in [-0.05, 0) is 12.1 Å². The lowest BCUT2D eigenvalue weighted by Crippen LogP contribution is -2.18. The summed E-state index contributed by atoms with van der Waals surface area (Å²) in [5.74, 6) is -0.262. The molecular formula is C14H16N4O3S. The smallest absolute Gasteiger partial charge is 0.270 e. The molecular weight excluding hydrogens is 304 g/mol. The number of benzene rings is 1. The van der Waals surface area contributed by atoms with Crippen molar-refractivity contribution in [1.82, 2.24) is 4.98 Å². The molecule has 116 valence electrons. The molecule has 0 fully saturated rings. The number of nitrogens with two attached hydrogens (primary N) is 1. The summed E-state index contributed by atoms with van der Waals surface area (Å²) in [6.07, 6.45) is 0.153. The van der Waals surface area contributed by atoms with Crippen LogP contribution in [0.25, 0.3) is 0 Å². The standard InChI is InChI=1S/C14H16N4O3S/c1-16-14-18-11(12(15)20)13(22-14)17-10(19)7-8-21-9-5-3-2-4-6-9/h2-6H,7-8H2,1H3,(H2,15,20)(H,16,18)(H,17,19). The molecule has 2 aromatic rings. The van der Waals surface area contributed by atoms with Gasteiger partial charge in [-0.15, -0.1) is 0 Å². The molecule has 0 aliphatic carbocycles. The highest BCUT2D eigenvalue weighted by molar-refractivity contribution is 7.20. The van der Waals surface area contributed by atoms with Crippen LogP contribution in [0.4, 0.5) is 10.1 Å². The first kappa shape index (κ1) is 15.8. The van der Waals surface area contributed by atoms with Crippen molar-refractivity contribution in [3.63, 3.8) is 0 Å².